The van der Waals surface area contributed by atoms with Crippen molar-refractivity contribution < 1.29 is 9.51 Å². The highest BCUT2D eigenvalue weighted by molar-refractivity contribution is 5.63. The van der Waals surface area contributed by atoms with Crippen LogP contribution in [0.3, 0.4) is 0 Å². The van der Waals surface area contributed by atoms with Gasteiger partial charge in [0.15, 0.2) is 11.4 Å². The number of hydrogen-bond acceptors (Lipinski definition) is 1. The van der Waals surface area contributed by atoms with Gasteiger partial charge in [0.25, 0.3) is 5.65 Å². The van der Waals surface area contributed by atoms with Gasteiger partial charge in [-0.1, -0.05) is 29.8 Å². The maximum Gasteiger partial charge on any atom is 0.284 e. The van der Waals surface area contributed by atoms with Gasteiger partial charge in [-0.15, -0.1) is 0 Å². The minimum absolute atomic E-state index is 0.0112. The molecule has 0 bridgehead atoms. The molecule has 0 spiro atoms. The van der Waals surface area contributed by atoms with Crippen molar-refractivity contribution in [1.29, 1.82) is 0 Å². The van der Waals surface area contributed by atoms with Gasteiger partial charge in [0.2, 0.25) is 0 Å². The van der Waals surface area contributed by atoms with Crippen LogP contribution in [0.1, 0.15) is 16.8 Å². The fourth-order valence-corrected chi connectivity index (χ4v) is 2.37. The number of rotatable bonds is 2. The third kappa shape index (κ3) is 2.02. The number of pyridine rings is 1. The summed E-state index contributed by atoms with van der Waals surface area (Å²) in [4.78, 5) is 3.38. The summed E-state index contributed by atoms with van der Waals surface area (Å²) in [6.45, 7) is 4.13. The first kappa shape index (κ1) is 11.9. The predicted molar refractivity (Wildman–Crippen MR) is 74.8 cm³/mol. The Labute approximate surface area is 112 Å². The summed E-state index contributed by atoms with van der Waals surface area (Å²) in [6.07, 6.45) is 2.04. The Hall–Kier alpha value is -2.13. The van der Waals surface area contributed by atoms with Gasteiger partial charge in [0.05, 0.1) is 6.20 Å². The molecule has 2 aromatic heterocycles. The lowest BCUT2D eigenvalue weighted by Crippen LogP contribution is -2.24. The Kier molecular flexibility index (Phi) is 2.84. The quantitative estimate of drug-likeness (QED) is 0.677. The number of H-pyrrole nitrogens is 1. The van der Waals surface area contributed by atoms with Crippen LogP contribution in [0.2, 0.25) is 0 Å². The van der Waals surface area contributed by atoms with Crippen LogP contribution in [0, 0.1) is 13.8 Å². The molecule has 0 unspecified atom stereocenters. The van der Waals surface area contributed by atoms with E-state index in [4.69, 9.17) is 0 Å². The Morgan fingerprint density at radius 3 is 2.37 bits per heavy atom. The molecule has 3 aromatic rings. The number of nitrogens with zero attached hydrogens (tertiary/aromatic N) is 1. The summed E-state index contributed by atoms with van der Waals surface area (Å²) in [6, 6.07) is 12.4. The molecule has 0 aliphatic rings. The van der Waals surface area contributed by atoms with Crippen LogP contribution >= 0.6 is 0 Å². The highest BCUT2D eigenvalue weighted by Gasteiger charge is 2.19. The molecular formula is C16H17N2O+. The summed E-state index contributed by atoms with van der Waals surface area (Å²) >= 11 is 0. The number of hydrogen-bond donors (Lipinski definition) is 2. The first-order valence-corrected chi connectivity index (χ1v) is 6.40. The molecule has 0 atom stereocenters. The van der Waals surface area contributed by atoms with Gasteiger partial charge in [-0.05, 0) is 25.5 Å². The zero-order chi connectivity index (χ0) is 13.4. The van der Waals surface area contributed by atoms with E-state index in [0.717, 1.165) is 22.6 Å². The Morgan fingerprint density at radius 1 is 1.00 bits per heavy atom. The number of fused-ring (bicyclic) bond motifs is 1. The highest BCUT2D eigenvalue weighted by atomic mass is 16.3. The molecule has 3 rings (SSSR count). The van der Waals surface area contributed by atoms with Crippen molar-refractivity contribution in [3.05, 3.63) is 59.4 Å². The number of nitrogens with one attached hydrogen (secondary N) is 1. The molecule has 3 nitrogen and oxygen atoms in total. The summed E-state index contributed by atoms with van der Waals surface area (Å²) in [5.74, 6) is 0. The third-order valence-corrected chi connectivity index (χ3v) is 3.42. The lowest BCUT2D eigenvalue weighted by Gasteiger charge is -1.98. The molecule has 0 fully saturated rings. The average Bonchev–Trinajstić information content (AvgIpc) is 2.77. The van der Waals surface area contributed by atoms with E-state index in [0.29, 0.717) is 0 Å². The van der Waals surface area contributed by atoms with Crippen LogP contribution in [-0.4, -0.2) is 10.1 Å². The van der Waals surface area contributed by atoms with Crippen molar-refractivity contribution in [3.63, 3.8) is 0 Å². The Balaban J connectivity index is 2.25. The van der Waals surface area contributed by atoms with Crippen molar-refractivity contribution in [3.8, 4) is 11.3 Å². The molecular weight excluding hydrogens is 236 g/mol. The van der Waals surface area contributed by atoms with E-state index < -0.39 is 0 Å². The number of aryl methyl sites for hydroxylation is 2. The van der Waals surface area contributed by atoms with Gasteiger partial charge >= 0.3 is 0 Å². The zero-order valence-corrected chi connectivity index (χ0v) is 11.1. The molecule has 0 saturated heterocycles. The topological polar surface area (TPSA) is 40.1 Å². The molecule has 2 N–H and O–H groups in total. The second-order valence-corrected chi connectivity index (χ2v) is 4.93. The maximum atomic E-state index is 9.67. The lowest BCUT2D eigenvalue weighted by atomic mass is 10.1. The molecule has 96 valence electrons. The van der Waals surface area contributed by atoms with E-state index in [9.17, 15) is 5.11 Å². The number of aromatic nitrogens is 2. The number of benzene rings is 1. The van der Waals surface area contributed by atoms with Gasteiger partial charge in [-0.25, -0.2) is 4.98 Å². The van der Waals surface area contributed by atoms with Crippen LogP contribution in [0.4, 0.5) is 0 Å². The first-order valence-electron chi connectivity index (χ1n) is 6.40. The van der Waals surface area contributed by atoms with Gasteiger partial charge in [0, 0.05) is 11.6 Å². The van der Waals surface area contributed by atoms with Crippen molar-refractivity contribution >= 4 is 5.65 Å². The molecule has 19 heavy (non-hydrogen) atoms. The molecule has 0 aliphatic heterocycles. The minimum Gasteiger partial charge on any atom is -0.388 e. The van der Waals surface area contributed by atoms with Gasteiger partial charge in [-0.3, -0.25) is 0 Å². The van der Waals surface area contributed by atoms with E-state index in [2.05, 4.69) is 42.2 Å². The van der Waals surface area contributed by atoms with E-state index in [1.807, 2.05) is 23.6 Å². The Bertz CT molecular complexity index is 726. The second-order valence-electron chi connectivity index (χ2n) is 4.93. The number of aromatic amines is 1. The van der Waals surface area contributed by atoms with Gasteiger partial charge < -0.3 is 5.11 Å². The summed E-state index contributed by atoms with van der Waals surface area (Å²) in [7, 11) is 0. The summed E-state index contributed by atoms with van der Waals surface area (Å²) in [5, 5.41) is 9.67. The van der Waals surface area contributed by atoms with Crippen molar-refractivity contribution in [2.24, 2.45) is 0 Å². The van der Waals surface area contributed by atoms with Crippen molar-refractivity contribution in [2.45, 2.75) is 20.5 Å². The zero-order valence-electron chi connectivity index (χ0n) is 11.1. The molecule has 0 saturated carbocycles. The number of aliphatic hydroxyl groups is 1. The number of aliphatic hydroxyl groups excluding tert-OH is 1. The molecule has 3 heteroatoms. The van der Waals surface area contributed by atoms with Crippen LogP contribution in [0.5, 0.6) is 0 Å². The average molecular weight is 253 g/mol. The van der Waals surface area contributed by atoms with Crippen LogP contribution < -0.4 is 4.40 Å². The standard InChI is InChI=1S/C16H16N2O/c1-11-3-6-13(7-4-11)16-14(10-19)18-9-12(2)5-8-15(18)17-16/h3-9,19H,10H2,1-2H3/p+1. The largest absolute Gasteiger partial charge is 0.388 e. The first-order chi connectivity index (χ1) is 9.19. The predicted octanol–water partition coefficient (Wildman–Crippen LogP) is 2.53. The molecule has 0 aliphatic carbocycles. The fourth-order valence-electron chi connectivity index (χ4n) is 2.37. The molecule has 0 radical (unpaired) electrons. The number of imidazole rings is 1. The highest BCUT2D eigenvalue weighted by Crippen LogP contribution is 2.21. The normalized spacial score (nSPS) is 11.1. The fraction of sp³-hybridized carbons (Fsp3) is 0.188. The van der Waals surface area contributed by atoms with Gasteiger partial charge in [-0.2, -0.15) is 4.40 Å². The SMILES string of the molecule is Cc1ccc(-c2[nH]c3ccc(C)c[n+]3c2CO)cc1. The minimum atomic E-state index is 0.0112. The van der Waals surface area contributed by atoms with Crippen LogP contribution in [0.15, 0.2) is 42.6 Å². The second kappa shape index (κ2) is 4.52. The summed E-state index contributed by atoms with van der Waals surface area (Å²) in [5.41, 5.74) is 6.35. The van der Waals surface area contributed by atoms with E-state index in [1.54, 1.807) is 0 Å². The molecule has 2 heterocycles. The van der Waals surface area contributed by atoms with E-state index in [1.165, 1.54) is 11.1 Å². The smallest absolute Gasteiger partial charge is 0.284 e. The lowest BCUT2D eigenvalue weighted by molar-refractivity contribution is -0.522. The van der Waals surface area contributed by atoms with Crippen molar-refractivity contribution in [2.75, 3.05) is 0 Å². The van der Waals surface area contributed by atoms with Crippen LogP contribution in [0.25, 0.3) is 16.9 Å². The molecule has 0 amide bonds. The van der Waals surface area contributed by atoms with Crippen LogP contribution in [-0.2, 0) is 6.61 Å². The summed E-state index contributed by atoms with van der Waals surface area (Å²) < 4.78 is 2.02. The van der Waals surface area contributed by atoms with Gasteiger partial charge in [0.1, 0.15) is 6.61 Å². The maximum absolute atomic E-state index is 9.67. The van der Waals surface area contributed by atoms with E-state index in [-0.39, 0.29) is 6.61 Å². The Morgan fingerprint density at radius 2 is 1.68 bits per heavy atom. The molecule has 1 aromatic carbocycles. The van der Waals surface area contributed by atoms with Crippen molar-refractivity contribution in [1.82, 2.24) is 4.98 Å². The van der Waals surface area contributed by atoms with E-state index >= 15 is 0 Å². The third-order valence-electron chi connectivity index (χ3n) is 3.42. The monoisotopic (exact) mass is 253 g/mol.